The Bertz CT molecular complexity index is 697. The van der Waals surface area contributed by atoms with Crippen molar-refractivity contribution in [1.29, 1.82) is 0 Å². The normalized spacial score (nSPS) is 19.0. The Hall–Kier alpha value is -1.80. The van der Waals surface area contributed by atoms with Gasteiger partial charge in [0.2, 0.25) is 0 Å². The molecule has 0 radical (unpaired) electrons. The van der Waals surface area contributed by atoms with Gasteiger partial charge < -0.3 is 20.1 Å². The number of hydrogen-bond donors (Lipinski definition) is 2. The summed E-state index contributed by atoms with van der Waals surface area (Å²) in [6, 6.07) is 20.4. The molecule has 0 aromatic heterocycles. The van der Waals surface area contributed by atoms with E-state index in [-0.39, 0.29) is 30.1 Å². The molecule has 1 aliphatic rings. The van der Waals surface area contributed by atoms with Crippen molar-refractivity contribution >= 4 is 29.9 Å². The number of rotatable bonds is 8. The van der Waals surface area contributed by atoms with Crippen molar-refractivity contribution in [3.63, 3.8) is 0 Å². The molecular weight excluding hydrogens is 465 g/mol. The zero-order valence-corrected chi connectivity index (χ0v) is 18.7. The average molecular weight is 495 g/mol. The fraction of sp³-hybridized carbons (Fsp3) is 0.409. The predicted molar refractivity (Wildman–Crippen MR) is 125 cm³/mol. The third-order valence-corrected chi connectivity index (χ3v) is 4.72. The molecule has 3 rings (SSSR count). The van der Waals surface area contributed by atoms with E-state index < -0.39 is 0 Å². The van der Waals surface area contributed by atoms with Crippen LogP contribution in [0.25, 0.3) is 0 Å². The summed E-state index contributed by atoms with van der Waals surface area (Å²) in [7, 11) is 1.80. The molecule has 28 heavy (non-hydrogen) atoms. The van der Waals surface area contributed by atoms with Gasteiger partial charge in [-0.2, -0.15) is 0 Å². The summed E-state index contributed by atoms with van der Waals surface area (Å²) in [5.74, 6) is 2.19. The Balaban J connectivity index is 0.00000280. The minimum Gasteiger partial charge on any atom is -0.494 e. The number of benzene rings is 2. The van der Waals surface area contributed by atoms with E-state index in [0.717, 1.165) is 44.2 Å². The number of para-hydroxylation sites is 1. The maximum atomic E-state index is 5.96. The van der Waals surface area contributed by atoms with Gasteiger partial charge in [-0.15, -0.1) is 24.0 Å². The zero-order valence-electron chi connectivity index (χ0n) is 16.3. The van der Waals surface area contributed by atoms with Crippen LogP contribution in [0.5, 0.6) is 5.75 Å². The second-order valence-electron chi connectivity index (χ2n) is 6.65. The van der Waals surface area contributed by atoms with Gasteiger partial charge in [-0.3, -0.25) is 4.99 Å². The highest BCUT2D eigenvalue weighted by atomic mass is 127. The Labute approximate surface area is 184 Å². The Morgan fingerprint density at radius 3 is 2.50 bits per heavy atom. The molecule has 0 spiro atoms. The van der Waals surface area contributed by atoms with Gasteiger partial charge in [-0.1, -0.05) is 48.5 Å². The smallest absolute Gasteiger partial charge is 0.190 e. The highest BCUT2D eigenvalue weighted by Crippen LogP contribution is 2.33. The van der Waals surface area contributed by atoms with Crippen LogP contribution in [0.1, 0.15) is 24.5 Å². The molecule has 1 fully saturated rings. The molecule has 1 saturated heterocycles. The van der Waals surface area contributed by atoms with E-state index >= 15 is 0 Å². The maximum Gasteiger partial charge on any atom is 0.190 e. The summed E-state index contributed by atoms with van der Waals surface area (Å²) in [4.78, 5) is 4.32. The number of halogens is 1. The van der Waals surface area contributed by atoms with Crippen LogP contribution in [0.3, 0.4) is 0 Å². The fourth-order valence-electron chi connectivity index (χ4n) is 3.29. The van der Waals surface area contributed by atoms with Crippen LogP contribution >= 0.6 is 24.0 Å². The van der Waals surface area contributed by atoms with Crippen LogP contribution in [0.15, 0.2) is 65.7 Å². The molecule has 2 aromatic carbocycles. The van der Waals surface area contributed by atoms with Gasteiger partial charge in [-0.25, -0.2) is 0 Å². The molecule has 1 heterocycles. The van der Waals surface area contributed by atoms with Crippen LogP contribution in [0, 0.1) is 5.92 Å². The van der Waals surface area contributed by atoms with Gasteiger partial charge in [0.05, 0.1) is 12.7 Å². The second-order valence-corrected chi connectivity index (χ2v) is 6.65. The van der Waals surface area contributed by atoms with E-state index in [4.69, 9.17) is 9.47 Å². The minimum absolute atomic E-state index is 0. The monoisotopic (exact) mass is 495 g/mol. The molecule has 1 aliphatic heterocycles. The van der Waals surface area contributed by atoms with Gasteiger partial charge in [0.25, 0.3) is 0 Å². The lowest BCUT2D eigenvalue weighted by atomic mass is 9.95. The van der Waals surface area contributed by atoms with Crippen molar-refractivity contribution in [2.45, 2.75) is 18.9 Å². The lowest BCUT2D eigenvalue weighted by Crippen LogP contribution is -2.40. The summed E-state index contributed by atoms with van der Waals surface area (Å²) in [5, 5.41) is 6.79. The van der Waals surface area contributed by atoms with Crippen LogP contribution < -0.4 is 15.4 Å². The van der Waals surface area contributed by atoms with Crippen LogP contribution in [0.2, 0.25) is 0 Å². The topological polar surface area (TPSA) is 54.9 Å². The van der Waals surface area contributed by atoms with Gasteiger partial charge in [0.1, 0.15) is 5.75 Å². The third kappa shape index (κ3) is 6.98. The van der Waals surface area contributed by atoms with E-state index in [0.29, 0.717) is 12.5 Å². The molecule has 0 saturated carbocycles. The summed E-state index contributed by atoms with van der Waals surface area (Å²) in [6.07, 6.45) is 2.14. The number of ether oxygens (including phenoxy) is 2. The summed E-state index contributed by atoms with van der Waals surface area (Å²) in [5.41, 5.74) is 1.25. The molecule has 6 heteroatoms. The second kappa shape index (κ2) is 12.6. The van der Waals surface area contributed by atoms with E-state index in [1.807, 2.05) is 36.4 Å². The molecule has 2 aromatic rings. The number of hydrogen-bond acceptors (Lipinski definition) is 3. The van der Waals surface area contributed by atoms with Crippen molar-refractivity contribution in [2.75, 3.05) is 33.4 Å². The van der Waals surface area contributed by atoms with E-state index in [9.17, 15) is 0 Å². The maximum absolute atomic E-state index is 5.96. The van der Waals surface area contributed by atoms with Gasteiger partial charge >= 0.3 is 0 Å². The van der Waals surface area contributed by atoms with E-state index in [1.54, 1.807) is 7.05 Å². The van der Waals surface area contributed by atoms with Crippen molar-refractivity contribution in [3.8, 4) is 5.75 Å². The van der Waals surface area contributed by atoms with Gasteiger partial charge in [-0.05, 0) is 30.5 Å². The molecule has 5 nitrogen and oxygen atoms in total. The first-order valence-electron chi connectivity index (χ1n) is 9.65. The highest BCUT2D eigenvalue weighted by molar-refractivity contribution is 14.0. The molecular formula is C22H30IN3O2. The zero-order chi connectivity index (χ0) is 18.7. The highest BCUT2D eigenvalue weighted by Gasteiger charge is 2.29. The van der Waals surface area contributed by atoms with E-state index in [1.165, 1.54) is 5.56 Å². The average Bonchev–Trinajstić information content (AvgIpc) is 3.20. The minimum atomic E-state index is 0. The lowest BCUT2D eigenvalue weighted by Gasteiger charge is -2.21. The van der Waals surface area contributed by atoms with Crippen molar-refractivity contribution < 1.29 is 9.47 Å². The predicted octanol–water partition coefficient (Wildman–Crippen LogP) is 4.02. The first-order valence-corrected chi connectivity index (χ1v) is 9.65. The summed E-state index contributed by atoms with van der Waals surface area (Å²) < 4.78 is 11.7. The number of aliphatic imine (C=N–C) groups is 1. The first-order chi connectivity index (χ1) is 13.4. The van der Waals surface area contributed by atoms with Crippen molar-refractivity contribution in [1.82, 2.24) is 10.6 Å². The molecule has 0 bridgehead atoms. The molecule has 2 N–H and O–H groups in total. The Kier molecular flexibility index (Phi) is 10.1. The van der Waals surface area contributed by atoms with E-state index in [2.05, 4.69) is 39.9 Å². The fourth-order valence-corrected chi connectivity index (χ4v) is 3.29. The third-order valence-electron chi connectivity index (χ3n) is 4.72. The van der Waals surface area contributed by atoms with Gasteiger partial charge in [0, 0.05) is 32.7 Å². The SMILES string of the molecule is CN=C(NCCCOc1ccccc1)NCC1CCOC1c1ccccc1.I. The van der Waals surface area contributed by atoms with Crippen LogP contribution in [0.4, 0.5) is 0 Å². The largest absolute Gasteiger partial charge is 0.494 e. The molecule has 152 valence electrons. The molecule has 2 unspecified atom stereocenters. The van der Waals surface area contributed by atoms with Crippen molar-refractivity contribution in [2.24, 2.45) is 10.9 Å². The summed E-state index contributed by atoms with van der Waals surface area (Å²) >= 11 is 0. The van der Waals surface area contributed by atoms with Gasteiger partial charge in [0.15, 0.2) is 5.96 Å². The van der Waals surface area contributed by atoms with Crippen molar-refractivity contribution in [3.05, 3.63) is 66.2 Å². The summed E-state index contributed by atoms with van der Waals surface area (Å²) in [6.45, 7) is 3.16. The van der Waals surface area contributed by atoms with Crippen LogP contribution in [-0.2, 0) is 4.74 Å². The standard InChI is InChI=1S/C22H29N3O2.HI/c1-23-22(24-14-8-15-26-20-11-6-3-7-12-20)25-17-19-13-16-27-21(19)18-9-4-2-5-10-18;/h2-7,9-12,19,21H,8,13-17H2,1H3,(H2,23,24,25);1H. The Morgan fingerprint density at radius 1 is 1.07 bits per heavy atom. The number of nitrogens with zero attached hydrogens (tertiary/aromatic N) is 1. The first kappa shape index (κ1) is 22.5. The molecule has 0 aliphatic carbocycles. The lowest BCUT2D eigenvalue weighted by molar-refractivity contribution is 0.0915. The molecule has 0 amide bonds. The Morgan fingerprint density at radius 2 is 1.79 bits per heavy atom. The number of nitrogens with one attached hydrogen (secondary N) is 2. The van der Waals surface area contributed by atoms with Crippen LogP contribution in [-0.4, -0.2) is 39.3 Å². The molecule has 2 atom stereocenters. The number of guanidine groups is 1. The quantitative estimate of drug-likeness (QED) is 0.252.